The number of nitrogens with zero attached hydrogens (tertiary/aromatic N) is 3. The van der Waals surface area contributed by atoms with E-state index in [0.29, 0.717) is 60.1 Å². The second-order valence-electron chi connectivity index (χ2n) is 9.87. The van der Waals surface area contributed by atoms with Gasteiger partial charge in [-0.3, -0.25) is 9.59 Å². The van der Waals surface area contributed by atoms with Gasteiger partial charge in [0.2, 0.25) is 18.1 Å². The topological polar surface area (TPSA) is 121 Å². The molecule has 0 spiro atoms. The van der Waals surface area contributed by atoms with Gasteiger partial charge in [-0.1, -0.05) is 51.4 Å². The molecule has 0 bridgehead atoms. The minimum Gasteiger partial charge on any atom is -0.368 e. The van der Waals surface area contributed by atoms with Crippen LogP contribution in [0.1, 0.15) is 70.8 Å². The number of nitrogens with one attached hydrogen (secondary N) is 2. The maximum Gasteiger partial charge on any atom is 0.253 e. The van der Waals surface area contributed by atoms with Crippen molar-refractivity contribution in [2.24, 2.45) is 5.41 Å². The number of ether oxygens (including phenoxy) is 1. The quantitative estimate of drug-likeness (QED) is 0.482. The number of hydrogen-bond acceptors (Lipinski definition) is 7. The fraction of sp³-hybridized carbons (Fsp3) is 0.560. The van der Waals surface area contributed by atoms with Crippen LogP contribution in [0.5, 0.6) is 0 Å². The average molecular weight is 470 g/mol. The summed E-state index contributed by atoms with van der Waals surface area (Å²) in [7, 11) is 0. The summed E-state index contributed by atoms with van der Waals surface area (Å²) in [4.78, 5) is 29.3. The van der Waals surface area contributed by atoms with Crippen LogP contribution in [0.15, 0.2) is 22.7 Å². The molecule has 9 heteroatoms. The van der Waals surface area contributed by atoms with Gasteiger partial charge < -0.3 is 24.9 Å². The number of rotatable bonds is 6. The summed E-state index contributed by atoms with van der Waals surface area (Å²) in [5.74, 6) is 0.903. The summed E-state index contributed by atoms with van der Waals surface area (Å²) in [6.07, 6.45) is 5.16. The van der Waals surface area contributed by atoms with Crippen molar-refractivity contribution >= 4 is 24.2 Å². The van der Waals surface area contributed by atoms with Gasteiger partial charge in [-0.15, -0.1) is 0 Å². The molecule has 4 rings (SSSR count). The molecule has 1 aromatic carbocycles. The Bertz CT molecular complexity index is 985. The minimum absolute atomic E-state index is 0.133. The highest BCUT2D eigenvalue weighted by Crippen LogP contribution is 2.29. The van der Waals surface area contributed by atoms with Crippen LogP contribution in [0, 0.1) is 10.8 Å². The molecule has 1 unspecified atom stereocenters. The third-order valence-corrected chi connectivity index (χ3v) is 6.25. The second-order valence-corrected chi connectivity index (χ2v) is 9.87. The predicted molar refractivity (Wildman–Crippen MR) is 130 cm³/mol. The Labute approximate surface area is 200 Å². The molecule has 1 atom stereocenters. The van der Waals surface area contributed by atoms with E-state index >= 15 is 0 Å². The molecule has 9 nitrogen and oxygen atoms in total. The summed E-state index contributed by atoms with van der Waals surface area (Å²) < 4.78 is 10.7. The number of hydrogen-bond donors (Lipinski definition) is 2. The fourth-order valence-electron chi connectivity index (χ4n) is 3.36. The molecule has 2 aromatic rings. The second kappa shape index (κ2) is 11.4. The van der Waals surface area contributed by atoms with Gasteiger partial charge in [0.1, 0.15) is 6.10 Å². The van der Waals surface area contributed by atoms with E-state index in [9.17, 15) is 9.59 Å². The number of carbonyl (C=O) groups excluding carboxylic acids is 2. The first-order valence-electron chi connectivity index (χ1n) is 11.8. The molecule has 2 aliphatic heterocycles. The van der Waals surface area contributed by atoms with Crippen LogP contribution in [0.4, 0.5) is 5.69 Å². The van der Waals surface area contributed by atoms with Gasteiger partial charge in [0.05, 0.1) is 12.3 Å². The molecule has 34 heavy (non-hydrogen) atoms. The van der Waals surface area contributed by atoms with E-state index in [0.717, 1.165) is 19.3 Å². The summed E-state index contributed by atoms with van der Waals surface area (Å²) in [5.41, 5.74) is 2.33. The third kappa shape index (κ3) is 6.72. The highest BCUT2D eigenvalue weighted by molar-refractivity contribution is 6.00. The molecule has 2 saturated heterocycles. The molecule has 1 aromatic heterocycles. The zero-order valence-corrected chi connectivity index (χ0v) is 20.5. The molecule has 184 valence electrons. The number of benzene rings is 1. The van der Waals surface area contributed by atoms with Crippen molar-refractivity contribution in [3.8, 4) is 11.4 Å². The Morgan fingerprint density at radius 3 is 2.47 bits per heavy atom. The molecule has 0 saturated carbocycles. The molecular formula is C25H35N5O4. The normalized spacial score (nSPS) is 18.4. The molecule has 0 aliphatic carbocycles. The number of anilines is 1. The van der Waals surface area contributed by atoms with E-state index in [2.05, 4.69) is 43.2 Å². The number of carbonyl (C=O) groups is 2. The van der Waals surface area contributed by atoms with E-state index in [4.69, 9.17) is 14.7 Å². The van der Waals surface area contributed by atoms with Gasteiger partial charge in [-0.25, -0.2) is 0 Å². The molecule has 2 fully saturated rings. The van der Waals surface area contributed by atoms with Crippen molar-refractivity contribution in [3.05, 3.63) is 29.7 Å². The molecule has 2 aliphatic rings. The van der Waals surface area contributed by atoms with Crippen LogP contribution in [0.2, 0.25) is 0 Å². The first-order chi connectivity index (χ1) is 16.2. The van der Waals surface area contributed by atoms with E-state index in [1.165, 1.54) is 12.6 Å². The Morgan fingerprint density at radius 1 is 1.26 bits per heavy atom. The standard InChI is InChI=1S/C19H21N5O4.C6H14/c20-10-14-2-1-13(9-15(14)21-18(26)16-5-8-27-16)17-22-19(28-23-17)12-3-6-24(11-25)7-4-12;1-5-6(2,3)4/h1-2,9-12,16,20H,3-8H2,(H,21,26);5H2,1-4H3. The SMILES string of the molecule is CCC(C)(C)C.N=Cc1ccc(-c2noc(C3CCN(C=O)CC3)n2)cc1NC(=O)C1CCO1. The highest BCUT2D eigenvalue weighted by atomic mass is 16.5. The number of likely N-dealkylation sites (tertiary alicyclic amines) is 1. The fourth-order valence-corrected chi connectivity index (χ4v) is 3.36. The summed E-state index contributed by atoms with van der Waals surface area (Å²) in [6, 6.07) is 5.26. The van der Waals surface area contributed by atoms with Crippen LogP contribution in [-0.4, -0.2) is 59.4 Å². The lowest BCUT2D eigenvalue weighted by Gasteiger charge is -2.26. The van der Waals surface area contributed by atoms with E-state index in [1.807, 2.05) is 0 Å². The summed E-state index contributed by atoms with van der Waals surface area (Å²) >= 11 is 0. The zero-order valence-electron chi connectivity index (χ0n) is 20.5. The predicted octanol–water partition coefficient (Wildman–Crippen LogP) is 4.24. The first kappa shape index (κ1) is 25.6. The number of amides is 2. The highest BCUT2D eigenvalue weighted by Gasteiger charge is 2.27. The van der Waals surface area contributed by atoms with Crippen molar-refractivity contribution in [1.29, 1.82) is 5.41 Å². The van der Waals surface area contributed by atoms with Crippen molar-refractivity contribution < 1.29 is 18.8 Å². The maximum absolute atomic E-state index is 12.2. The number of aromatic nitrogens is 2. The van der Waals surface area contributed by atoms with Crippen LogP contribution >= 0.6 is 0 Å². The Balaban J connectivity index is 0.000000481. The Hall–Kier alpha value is -3.07. The van der Waals surface area contributed by atoms with Crippen LogP contribution in [0.25, 0.3) is 11.4 Å². The van der Waals surface area contributed by atoms with Crippen molar-refractivity contribution in [2.45, 2.75) is 65.4 Å². The monoisotopic (exact) mass is 469 g/mol. The van der Waals surface area contributed by atoms with Gasteiger partial charge in [0, 0.05) is 42.8 Å². The third-order valence-electron chi connectivity index (χ3n) is 6.25. The van der Waals surface area contributed by atoms with Gasteiger partial charge >= 0.3 is 0 Å². The molecule has 2 amide bonds. The number of piperidine rings is 1. The summed E-state index contributed by atoms with van der Waals surface area (Å²) in [5, 5.41) is 14.4. The van der Waals surface area contributed by atoms with Crippen LogP contribution < -0.4 is 5.32 Å². The van der Waals surface area contributed by atoms with E-state index in [-0.39, 0.29) is 11.8 Å². The lowest BCUT2D eigenvalue weighted by Crippen LogP contribution is -2.39. The smallest absolute Gasteiger partial charge is 0.253 e. The van der Waals surface area contributed by atoms with Crippen LogP contribution in [-0.2, 0) is 14.3 Å². The molecular weight excluding hydrogens is 434 g/mol. The van der Waals surface area contributed by atoms with Gasteiger partial charge in [0.25, 0.3) is 5.91 Å². The lowest BCUT2D eigenvalue weighted by molar-refractivity contribution is -0.139. The maximum atomic E-state index is 12.2. The van der Waals surface area contributed by atoms with Crippen molar-refractivity contribution in [2.75, 3.05) is 25.0 Å². The van der Waals surface area contributed by atoms with Gasteiger partial charge in [-0.05, 0) is 24.3 Å². The van der Waals surface area contributed by atoms with Crippen molar-refractivity contribution in [1.82, 2.24) is 15.0 Å². The van der Waals surface area contributed by atoms with Gasteiger partial charge in [-0.2, -0.15) is 4.98 Å². The van der Waals surface area contributed by atoms with E-state index < -0.39 is 6.10 Å². The van der Waals surface area contributed by atoms with E-state index in [1.54, 1.807) is 23.1 Å². The first-order valence-corrected chi connectivity index (χ1v) is 11.8. The summed E-state index contributed by atoms with van der Waals surface area (Å²) in [6.45, 7) is 10.9. The van der Waals surface area contributed by atoms with Crippen molar-refractivity contribution in [3.63, 3.8) is 0 Å². The molecule has 3 heterocycles. The van der Waals surface area contributed by atoms with Gasteiger partial charge in [0.15, 0.2) is 0 Å². The lowest BCUT2D eigenvalue weighted by atomic mass is 9.94. The average Bonchev–Trinajstić information content (AvgIpc) is 3.28. The Morgan fingerprint density at radius 2 is 1.94 bits per heavy atom. The largest absolute Gasteiger partial charge is 0.368 e. The Kier molecular flexibility index (Phi) is 8.55. The molecule has 0 radical (unpaired) electrons. The molecule has 2 N–H and O–H groups in total. The minimum atomic E-state index is -0.434. The zero-order chi connectivity index (χ0) is 24.7. The van der Waals surface area contributed by atoms with Crippen LogP contribution in [0.3, 0.4) is 0 Å².